The van der Waals surface area contributed by atoms with Gasteiger partial charge in [-0.15, -0.1) is 11.3 Å². The first-order valence-corrected chi connectivity index (χ1v) is 9.90. The van der Waals surface area contributed by atoms with Crippen LogP contribution in [0.3, 0.4) is 0 Å². The van der Waals surface area contributed by atoms with Gasteiger partial charge in [-0.2, -0.15) is 0 Å². The van der Waals surface area contributed by atoms with Crippen molar-refractivity contribution in [2.75, 3.05) is 6.61 Å². The molecule has 0 radical (unpaired) electrons. The zero-order valence-electron chi connectivity index (χ0n) is 15.0. The number of aryl methyl sites for hydroxylation is 2. The summed E-state index contributed by atoms with van der Waals surface area (Å²) in [6, 6.07) is 9.34. The van der Waals surface area contributed by atoms with Crippen molar-refractivity contribution in [1.82, 2.24) is 10.9 Å². The number of fused-ring (bicyclic) bond motifs is 1. The molecule has 1 heterocycles. The van der Waals surface area contributed by atoms with Crippen LogP contribution in [-0.4, -0.2) is 18.4 Å². The lowest BCUT2D eigenvalue weighted by molar-refractivity contribution is -0.121. The molecule has 2 amide bonds. The van der Waals surface area contributed by atoms with E-state index < -0.39 is 0 Å². The Kier molecular flexibility index (Phi) is 6.28. The Morgan fingerprint density at radius 1 is 1.08 bits per heavy atom. The highest BCUT2D eigenvalue weighted by Crippen LogP contribution is 2.28. The van der Waals surface area contributed by atoms with Crippen molar-refractivity contribution in [3.8, 4) is 5.75 Å². The first-order chi connectivity index (χ1) is 12.7. The lowest BCUT2D eigenvalue weighted by Gasteiger charge is -2.07. The van der Waals surface area contributed by atoms with Gasteiger partial charge in [-0.05, 0) is 61.9 Å². The van der Waals surface area contributed by atoms with Gasteiger partial charge in [0.25, 0.3) is 5.91 Å². The molecule has 1 aromatic heterocycles. The van der Waals surface area contributed by atoms with Gasteiger partial charge >= 0.3 is 0 Å². The number of hydrogen-bond donors (Lipinski definition) is 2. The Labute approximate surface area is 157 Å². The highest BCUT2D eigenvalue weighted by molar-refractivity contribution is 7.14. The van der Waals surface area contributed by atoms with Crippen LogP contribution in [0.5, 0.6) is 5.75 Å². The van der Waals surface area contributed by atoms with Crippen LogP contribution in [0, 0.1) is 0 Å². The average Bonchev–Trinajstić information content (AvgIpc) is 2.92. The number of benzene rings is 1. The summed E-state index contributed by atoms with van der Waals surface area (Å²) in [5.74, 6) is 0.283. The maximum absolute atomic E-state index is 12.3. The van der Waals surface area contributed by atoms with E-state index in [9.17, 15) is 9.59 Å². The second kappa shape index (κ2) is 8.85. The summed E-state index contributed by atoms with van der Waals surface area (Å²) >= 11 is 1.54. The zero-order valence-corrected chi connectivity index (χ0v) is 15.8. The normalized spacial score (nSPS) is 13.4. The van der Waals surface area contributed by atoms with Gasteiger partial charge in [0.15, 0.2) is 0 Å². The summed E-state index contributed by atoms with van der Waals surface area (Å²) in [4.78, 5) is 26.3. The number of thiophene rings is 1. The molecule has 0 saturated heterocycles. The van der Waals surface area contributed by atoms with Gasteiger partial charge in [0.05, 0.1) is 17.9 Å². The van der Waals surface area contributed by atoms with Crippen LogP contribution in [-0.2, 0) is 24.1 Å². The van der Waals surface area contributed by atoms with Crippen LogP contribution in [0.2, 0.25) is 0 Å². The SMILES string of the molecule is CCOc1ccc(CC(=O)NNC(=O)c2cc3c(s2)CCCCC3)cc1. The highest BCUT2D eigenvalue weighted by atomic mass is 32.1. The molecule has 0 aliphatic heterocycles. The molecule has 0 bridgehead atoms. The standard InChI is InChI=1S/C20H24N2O3S/c1-2-25-16-10-8-14(9-11-16)12-19(23)21-22-20(24)18-13-15-6-4-3-5-7-17(15)26-18/h8-11,13H,2-7,12H2,1H3,(H,21,23)(H,22,24). The quantitative estimate of drug-likeness (QED) is 0.624. The van der Waals surface area contributed by atoms with E-state index in [-0.39, 0.29) is 18.2 Å². The molecule has 2 aromatic rings. The van der Waals surface area contributed by atoms with Crippen molar-refractivity contribution in [2.45, 2.75) is 45.4 Å². The van der Waals surface area contributed by atoms with Gasteiger partial charge in [-0.3, -0.25) is 20.4 Å². The van der Waals surface area contributed by atoms with Crippen molar-refractivity contribution < 1.29 is 14.3 Å². The van der Waals surface area contributed by atoms with Crippen LogP contribution in [0.15, 0.2) is 30.3 Å². The molecule has 1 aromatic carbocycles. The topological polar surface area (TPSA) is 67.4 Å². The van der Waals surface area contributed by atoms with E-state index in [0.29, 0.717) is 11.5 Å². The van der Waals surface area contributed by atoms with Crippen LogP contribution < -0.4 is 15.6 Å². The van der Waals surface area contributed by atoms with E-state index in [1.165, 1.54) is 29.7 Å². The summed E-state index contributed by atoms with van der Waals surface area (Å²) in [6.45, 7) is 2.54. The van der Waals surface area contributed by atoms with Crippen molar-refractivity contribution in [2.24, 2.45) is 0 Å². The third kappa shape index (κ3) is 4.85. The Morgan fingerprint density at radius 3 is 2.62 bits per heavy atom. The Hall–Kier alpha value is -2.34. The fraction of sp³-hybridized carbons (Fsp3) is 0.400. The lowest BCUT2D eigenvalue weighted by atomic mass is 10.1. The number of ether oxygens (including phenoxy) is 1. The molecule has 0 spiro atoms. The second-order valence-electron chi connectivity index (χ2n) is 6.38. The minimum Gasteiger partial charge on any atom is -0.494 e. The Bertz CT molecular complexity index is 744. The van der Waals surface area contributed by atoms with E-state index in [1.54, 1.807) is 11.3 Å². The molecule has 3 rings (SSSR count). The summed E-state index contributed by atoms with van der Waals surface area (Å²) in [5, 5.41) is 0. The molecule has 1 aliphatic rings. The van der Waals surface area contributed by atoms with Crippen LogP contribution in [0.4, 0.5) is 0 Å². The first kappa shape index (κ1) is 18.5. The number of hydrazine groups is 1. The number of carbonyl (C=O) groups is 2. The average molecular weight is 372 g/mol. The molecule has 0 unspecified atom stereocenters. The van der Waals surface area contributed by atoms with Gasteiger partial charge in [0.1, 0.15) is 5.75 Å². The molecule has 2 N–H and O–H groups in total. The lowest BCUT2D eigenvalue weighted by Crippen LogP contribution is -2.42. The smallest absolute Gasteiger partial charge is 0.279 e. The number of rotatable bonds is 5. The van der Waals surface area contributed by atoms with Crippen LogP contribution >= 0.6 is 11.3 Å². The van der Waals surface area contributed by atoms with E-state index in [0.717, 1.165) is 24.2 Å². The molecule has 26 heavy (non-hydrogen) atoms. The molecule has 0 atom stereocenters. The van der Waals surface area contributed by atoms with Crippen molar-refractivity contribution in [3.63, 3.8) is 0 Å². The maximum atomic E-state index is 12.3. The number of amides is 2. The number of hydrogen-bond acceptors (Lipinski definition) is 4. The first-order valence-electron chi connectivity index (χ1n) is 9.08. The fourth-order valence-corrected chi connectivity index (χ4v) is 4.22. The van der Waals surface area contributed by atoms with Crippen LogP contribution in [0.25, 0.3) is 0 Å². The monoisotopic (exact) mass is 372 g/mol. The Balaban J connectivity index is 1.50. The fourth-order valence-electron chi connectivity index (χ4n) is 3.07. The summed E-state index contributed by atoms with van der Waals surface area (Å²) < 4.78 is 5.38. The molecular weight excluding hydrogens is 348 g/mol. The maximum Gasteiger partial charge on any atom is 0.279 e. The third-order valence-electron chi connectivity index (χ3n) is 4.38. The largest absolute Gasteiger partial charge is 0.494 e. The van der Waals surface area contributed by atoms with Crippen molar-refractivity contribution >= 4 is 23.2 Å². The molecule has 6 heteroatoms. The van der Waals surface area contributed by atoms with Gasteiger partial charge in [0.2, 0.25) is 5.91 Å². The number of nitrogens with one attached hydrogen (secondary N) is 2. The minimum absolute atomic E-state index is 0.202. The van der Waals surface area contributed by atoms with Crippen molar-refractivity contribution in [3.05, 3.63) is 51.2 Å². The van der Waals surface area contributed by atoms with Gasteiger partial charge < -0.3 is 4.74 Å². The Morgan fingerprint density at radius 2 is 1.85 bits per heavy atom. The van der Waals surface area contributed by atoms with E-state index in [1.807, 2.05) is 37.3 Å². The second-order valence-corrected chi connectivity index (χ2v) is 7.51. The minimum atomic E-state index is -0.249. The molecule has 1 aliphatic carbocycles. The van der Waals surface area contributed by atoms with Crippen molar-refractivity contribution in [1.29, 1.82) is 0 Å². The van der Waals surface area contributed by atoms with E-state index >= 15 is 0 Å². The number of carbonyl (C=O) groups excluding carboxylic acids is 2. The third-order valence-corrected chi connectivity index (χ3v) is 5.62. The summed E-state index contributed by atoms with van der Waals surface area (Å²) in [7, 11) is 0. The highest BCUT2D eigenvalue weighted by Gasteiger charge is 2.16. The molecule has 0 saturated carbocycles. The molecule has 0 fully saturated rings. The summed E-state index contributed by atoms with van der Waals surface area (Å²) in [6.07, 6.45) is 5.93. The predicted molar refractivity (Wildman–Crippen MR) is 103 cm³/mol. The van der Waals surface area contributed by atoms with Gasteiger partial charge in [-0.25, -0.2) is 0 Å². The van der Waals surface area contributed by atoms with Crippen LogP contribution in [0.1, 0.15) is 51.9 Å². The predicted octanol–water partition coefficient (Wildman–Crippen LogP) is 3.42. The molecule has 5 nitrogen and oxygen atoms in total. The van der Waals surface area contributed by atoms with Gasteiger partial charge in [-0.1, -0.05) is 18.6 Å². The summed E-state index contributed by atoms with van der Waals surface area (Å²) in [5.41, 5.74) is 7.18. The van der Waals surface area contributed by atoms with E-state index in [2.05, 4.69) is 10.9 Å². The van der Waals surface area contributed by atoms with E-state index in [4.69, 9.17) is 4.74 Å². The molecular formula is C20H24N2O3S. The molecule has 138 valence electrons. The van der Waals surface area contributed by atoms with Gasteiger partial charge in [0, 0.05) is 4.88 Å². The zero-order chi connectivity index (χ0) is 18.4.